The van der Waals surface area contributed by atoms with Crippen molar-refractivity contribution in [1.82, 2.24) is 14.8 Å². The van der Waals surface area contributed by atoms with Crippen molar-refractivity contribution in [2.24, 2.45) is 18.9 Å². The van der Waals surface area contributed by atoms with Gasteiger partial charge in [0, 0.05) is 48.4 Å². The Balaban J connectivity index is 1.30. The smallest absolute Gasteiger partial charge is 0.204 e. The van der Waals surface area contributed by atoms with Crippen molar-refractivity contribution in [2.75, 3.05) is 33.5 Å². The number of aromatic amines is 1. The summed E-state index contributed by atoms with van der Waals surface area (Å²) in [6.07, 6.45) is 3.46. The average Bonchev–Trinajstić information content (AvgIpc) is 3.53. The van der Waals surface area contributed by atoms with Crippen LogP contribution in [0.2, 0.25) is 5.02 Å². The second kappa shape index (κ2) is 13.7. The van der Waals surface area contributed by atoms with Gasteiger partial charge in [-0.25, -0.2) is 0 Å². The Morgan fingerprint density at radius 2 is 1.87 bits per heavy atom. The van der Waals surface area contributed by atoms with Crippen LogP contribution in [0.5, 0.6) is 5.75 Å². The molecule has 0 bridgehead atoms. The maximum Gasteiger partial charge on any atom is 0.204 e. The van der Waals surface area contributed by atoms with Gasteiger partial charge in [-0.3, -0.25) is 9.48 Å². The first-order valence-electron chi connectivity index (χ1n) is 15.6. The van der Waals surface area contributed by atoms with Gasteiger partial charge in [0.2, 0.25) is 5.78 Å². The lowest BCUT2D eigenvalue weighted by atomic mass is 9.75. The fraction of sp³-hybridized carbons (Fsp3) is 0.389. The predicted octanol–water partition coefficient (Wildman–Crippen LogP) is 7.06. The van der Waals surface area contributed by atoms with E-state index in [0.717, 1.165) is 68.3 Å². The van der Waals surface area contributed by atoms with Crippen LogP contribution in [0.1, 0.15) is 46.7 Å². The zero-order chi connectivity index (χ0) is 31.5. The van der Waals surface area contributed by atoms with Crippen LogP contribution in [-0.2, 0) is 29.5 Å². The van der Waals surface area contributed by atoms with Crippen molar-refractivity contribution in [1.29, 1.82) is 0 Å². The van der Waals surface area contributed by atoms with Crippen molar-refractivity contribution >= 4 is 39.1 Å². The van der Waals surface area contributed by atoms with Gasteiger partial charge in [-0.2, -0.15) is 5.10 Å². The SMILES string of the molecule is COCC(=O)c1[nH]c2c(-c3c(COCC4CCC4CO)nn(C)c3C)c(Cl)ccc2c1CCCOc1cccc2ccccc12. The van der Waals surface area contributed by atoms with E-state index in [-0.39, 0.29) is 19.0 Å². The van der Waals surface area contributed by atoms with Gasteiger partial charge in [-0.15, -0.1) is 0 Å². The summed E-state index contributed by atoms with van der Waals surface area (Å²) < 4.78 is 19.4. The number of fused-ring (bicyclic) bond motifs is 2. The molecule has 2 atom stereocenters. The Labute approximate surface area is 268 Å². The molecule has 45 heavy (non-hydrogen) atoms. The molecule has 3 aromatic carbocycles. The summed E-state index contributed by atoms with van der Waals surface area (Å²) in [4.78, 5) is 16.8. The molecule has 0 amide bonds. The Morgan fingerprint density at radius 1 is 1.07 bits per heavy atom. The summed E-state index contributed by atoms with van der Waals surface area (Å²) in [5.41, 5.74) is 5.69. The van der Waals surface area contributed by atoms with Crippen molar-refractivity contribution in [2.45, 2.75) is 39.2 Å². The molecule has 2 aromatic heterocycles. The molecule has 1 aliphatic carbocycles. The van der Waals surface area contributed by atoms with Crippen LogP contribution in [0.25, 0.3) is 32.8 Å². The predicted molar refractivity (Wildman–Crippen MR) is 177 cm³/mol. The average molecular weight is 630 g/mol. The number of hydrogen-bond donors (Lipinski definition) is 2. The minimum absolute atomic E-state index is 0.0313. The number of aliphatic hydroxyl groups excluding tert-OH is 1. The van der Waals surface area contributed by atoms with Crippen molar-refractivity contribution in [3.05, 3.63) is 82.3 Å². The van der Waals surface area contributed by atoms with E-state index in [1.165, 1.54) is 7.11 Å². The van der Waals surface area contributed by atoms with E-state index < -0.39 is 0 Å². The van der Waals surface area contributed by atoms with E-state index in [2.05, 4.69) is 23.2 Å². The molecule has 1 saturated carbocycles. The van der Waals surface area contributed by atoms with Crippen LogP contribution < -0.4 is 4.74 Å². The van der Waals surface area contributed by atoms with Gasteiger partial charge in [0.15, 0.2) is 0 Å². The number of H-pyrrole nitrogens is 1. The summed E-state index contributed by atoms with van der Waals surface area (Å²) in [5, 5.41) is 18.1. The number of carbonyl (C=O) groups excluding carboxylic acids is 1. The normalized spacial score (nSPS) is 16.4. The number of ketones is 1. The lowest BCUT2D eigenvalue weighted by Gasteiger charge is -2.34. The number of rotatable bonds is 14. The molecule has 2 N–H and O–H groups in total. The highest BCUT2D eigenvalue weighted by molar-refractivity contribution is 6.35. The lowest BCUT2D eigenvalue weighted by molar-refractivity contribution is 0.000647. The van der Waals surface area contributed by atoms with Gasteiger partial charge < -0.3 is 24.3 Å². The van der Waals surface area contributed by atoms with Gasteiger partial charge in [0.1, 0.15) is 12.4 Å². The number of benzene rings is 3. The number of aryl methyl sites for hydroxylation is 2. The van der Waals surface area contributed by atoms with Gasteiger partial charge >= 0.3 is 0 Å². The first-order valence-corrected chi connectivity index (χ1v) is 16.0. The van der Waals surface area contributed by atoms with Crippen LogP contribution >= 0.6 is 11.6 Å². The number of aromatic nitrogens is 3. The van der Waals surface area contributed by atoms with Crippen molar-refractivity contribution in [3.63, 3.8) is 0 Å². The molecule has 0 spiro atoms. The number of aliphatic hydroxyl groups is 1. The summed E-state index contributed by atoms with van der Waals surface area (Å²) >= 11 is 6.93. The Morgan fingerprint density at radius 3 is 2.64 bits per heavy atom. The number of carbonyl (C=O) groups is 1. The second-order valence-electron chi connectivity index (χ2n) is 11.9. The molecule has 0 aliphatic heterocycles. The quantitative estimate of drug-likeness (QED) is 0.101. The minimum atomic E-state index is -0.119. The molecule has 0 radical (unpaired) electrons. The molecule has 1 aliphatic rings. The Hall–Kier alpha value is -3.69. The zero-order valence-corrected chi connectivity index (χ0v) is 26.8. The maximum atomic E-state index is 13.3. The first kappa shape index (κ1) is 31.3. The van der Waals surface area contributed by atoms with Crippen LogP contribution in [-0.4, -0.2) is 59.2 Å². The highest BCUT2D eigenvalue weighted by atomic mass is 35.5. The molecule has 0 saturated heterocycles. The number of hydrogen-bond acceptors (Lipinski definition) is 6. The molecule has 8 nitrogen and oxygen atoms in total. The number of halogens is 1. The highest BCUT2D eigenvalue weighted by Crippen LogP contribution is 2.41. The summed E-state index contributed by atoms with van der Waals surface area (Å²) in [5.74, 6) is 1.42. The number of nitrogens with zero attached hydrogens (tertiary/aromatic N) is 2. The van der Waals surface area contributed by atoms with Gasteiger partial charge in [0.05, 0.1) is 41.7 Å². The summed E-state index contributed by atoms with van der Waals surface area (Å²) in [6, 6.07) is 18.1. The monoisotopic (exact) mass is 629 g/mol. The number of methoxy groups -OCH3 is 1. The zero-order valence-electron chi connectivity index (χ0n) is 26.1. The molecular formula is C36H40ClN3O5. The summed E-state index contributed by atoms with van der Waals surface area (Å²) in [7, 11) is 3.44. The Bertz CT molecular complexity index is 1820. The van der Waals surface area contributed by atoms with Gasteiger partial charge in [-0.1, -0.05) is 54.1 Å². The van der Waals surface area contributed by atoms with E-state index in [1.54, 1.807) is 0 Å². The topological polar surface area (TPSA) is 98.6 Å². The van der Waals surface area contributed by atoms with Gasteiger partial charge in [0.25, 0.3) is 0 Å². The van der Waals surface area contributed by atoms with E-state index in [9.17, 15) is 9.90 Å². The third kappa shape index (κ3) is 6.25. The van der Waals surface area contributed by atoms with Gasteiger partial charge in [-0.05, 0) is 67.5 Å². The highest BCUT2D eigenvalue weighted by Gasteiger charge is 2.31. The van der Waals surface area contributed by atoms with Crippen molar-refractivity contribution in [3.8, 4) is 16.9 Å². The molecule has 2 heterocycles. The molecule has 5 aromatic rings. The van der Waals surface area contributed by atoms with Crippen LogP contribution in [0, 0.1) is 18.8 Å². The lowest BCUT2D eigenvalue weighted by Crippen LogP contribution is -2.32. The number of Topliss-reactive ketones (excluding diaryl/α,β-unsaturated/α-hetero) is 1. The number of nitrogens with one attached hydrogen (secondary N) is 1. The fourth-order valence-electron chi connectivity index (χ4n) is 6.50. The standard InChI is InChI=1S/C36H40ClN3O5/c1-22-33(30(39-40(22)2)20-44-19-25-14-13-24(25)18-41)34-29(37)16-15-28-27(35(38-36(28)34)31(42)21-43-3)11-7-17-45-32-12-6-9-23-8-4-5-10-26(23)32/h4-6,8-10,12,15-16,24-25,38,41H,7,11,13-14,17-21H2,1-3H3. The third-order valence-corrected chi connectivity index (χ3v) is 9.52. The fourth-order valence-corrected chi connectivity index (χ4v) is 6.75. The molecular weight excluding hydrogens is 590 g/mol. The molecule has 6 rings (SSSR count). The van der Waals surface area contributed by atoms with Crippen LogP contribution in [0.4, 0.5) is 0 Å². The summed E-state index contributed by atoms with van der Waals surface area (Å²) in [6.45, 7) is 3.60. The van der Waals surface area contributed by atoms with E-state index >= 15 is 0 Å². The molecule has 1 fully saturated rings. The van der Waals surface area contributed by atoms with E-state index in [0.29, 0.717) is 55.2 Å². The van der Waals surface area contributed by atoms with E-state index in [4.69, 9.17) is 30.9 Å². The van der Waals surface area contributed by atoms with Crippen molar-refractivity contribution < 1.29 is 24.1 Å². The maximum absolute atomic E-state index is 13.3. The molecule has 236 valence electrons. The number of ether oxygens (including phenoxy) is 3. The largest absolute Gasteiger partial charge is 0.493 e. The molecule has 9 heteroatoms. The van der Waals surface area contributed by atoms with E-state index in [1.807, 2.05) is 55.1 Å². The van der Waals surface area contributed by atoms with Crippen LogP contribution in [0.15, 0.2) is 54.6 Å². The first-order chi connectivity index (χ1) is 21.9. The minimum Gasteiger partial charge on any atom is -0.493 e. The van der Waals surface area contributed by atoms with Crippen LogP contribution in [0.3, 0.4) is 0 Å². The Kier molecular flexibility index (Phi) is 9.56. The second-order valence-corrected chi connectivity index (χ2v) is 12.3. The molecule has 2 unspecified atom stereocenters. The third-order valence-electron chi connectivity index (χ3n) is 9.20.